The van der Waals surface area contributed by atoms with Crippen molar-refractivity contribution in [1.82, 2.24) is 0 Å². The van der Waals surface area contributed by atoms with Crippen molar-refractivity contribution >= 4 is 10.8 Å². The molecule has 2 unspecified atom stereocenters. The van der Waals surface area contributed by atoms with Gasteiger partial charge >= 0.3 is 0 Å². The molecule has 1 saturated carbocycles. The summed E-state index contributed by atoms with van der Waals surface area (Å²) < 4.78 is 12.3. The normalized spacial score (nSPS) is 20.4. The topological polar surface area (TPSA) is 17.1 Å². The molecule has 1 aromatic carbocycles. The molecule has 2 heteroatoms. The highest BCUT2D eigenvalue weighted by Gasteiger charge is 2.22. The van der Waals surface area contributed by atoms with Crippen molar-refractivity contribution in [3.05, 3.63) is 29.8 Å². The first-order chi connectivity index (χ1) is 8.22. The number of hydrogen-bond donors (Lipinski definition) is 0. The molecule has 0 saturated heterocycles. The van der Waals surface area contributed by atoms with Crippen LogP contribution in [0.5, 0.6) is 0 Å². The van der Waals surface area contributed by atoms with Crippen LogP contribution in [0.15, 0.2) is 29.2 Å². The Morgan fingerprint density at radius 3 is 2.35 bits per heavy atom. The molecule has 1 aliphatic carbocycles. The smallest absolute Gasteiger partial charge is 0.0560 e. The molecule has 0 aromatic heterocycles. The molecular formula is C15H22OS. The van der Waals surface area contributed by atoms with Gasteiger partial charge in [-0.25, -0.2) is 0 Å². The third-order valence-electron chi connectivity index (χ3n) is 3.90. The van der Waals surface area contributed by atoms with Gasteiger partial charge in [0, 0.05) is 10.1 Å². The lowest BCUT2D eigenvalue weighted by Crippen LogP contribution is -2.10. The summed E-state index contributed by atoms with van der Waals surface area (Å²) in [7, 11) is -0.782. The highest BCUT2D eigenvalue weighted by Crippen LogP contribution is 2.27. The van der Waals surface area contributed by atoms with E-state index in [1.807, 2.05) is 0 Å². The van der Waals surface area contributed by atoms with Crippen molar-refractivity contribution in [2.24, 2.45) is 0 Å². The monoisotopic (exact) mass is 250 g/mol. The quantitative estimate of drug-likeness (QED) is 0.780. The van der Waals surface area contributed by atoms with Gasteiger partial charge in [0.2, 0.25) is 0 Å². The van der Waals surface area contributed by atoms with Crippen LogP contribution in [-0.2, 0) is 10.8 Å². The Kier molecular flexibility index (Phi) is 4.38. The molecule has 1 aliphatic rings. The molecule has 0 radical (unpaired) electrons. The van der Waals surface area contributed by atoms with Crippen molar-refractivity contribution in [1.29, 1.82) is 0 Å². The summed E-state index contributed by atoms with van der Waals surface area (Å²) in [5.41, 5.74) is 1.36. The van der Waals surface area contributed by atoms with Crippen LogP contribution in [0.2, 0.25) is 0 Å². The first-order valence-corrected chi connectivity index (χ1v) is 7.94. The molecule has 17 heavy (non-hydrogen) atoms. The second-order valence-corrected chi connectivity index (χ2v) is 6.82. The highest BCUT2D eigenvalue weighted by molar-refractivity contribution is 7.85. The zero-order valence-corrected chi connectivity index (χ0v) is 11.6. The Hall–Kier alpha value is -0.630. The van der Waals surface area contributed by atoms with E-state index in [0.29, 0.717) is 11.2 Å². The molecule has 0 heterocycles. The molecule has 1 fully saturated rings. The number of benzene rings is 1. The van der Waals surface area contributed by atoms with Gasteiger partial charge in [0.25, 0.3) is 0 Å². The minimum atomic E-state index is -0.782. The standard InChI is InChI=1S/C15H22OS/c1-3-12(2)13-8-10-15(11-9-13)17(16)14-6-4-5-7-14/h8-12,14H,3-7H2,1-2H3. The summed E-state index contributed by atoms with van der Waals surface area (Å²) in [6.45, 7) is 4.44. The summed E-state index contributed by atoms with van der Waals surface area (Å²) in [6.07, 6.45) is 5.94. The van der Waals surface area contributed by atoms with Crippen molar-refractivity contribution in [2.45, 2.75) is 62.0 Å². The SMILES string of the molecule is CCC(C)c1ccc(S(=O)C2CCCC2)cc1. The van der Waals surface area contributed by atoms with Crippen LogP contribution in [0.4, 0.5) is 0 Å². The molecule has 0 N–H and O–H groups in total. The van der Waals surface area contributed by atoms with E-state index in [4.69, 9.17) is 0 Å². The Balaban J connectivity index is 2.09. The molecule has 1 aromatic rings. The second-order valence-electron chi connectivity index (χ2n) is 5.08. The molecule has 0 amide bonds. The Labute approximate surface area is 107 Å². The van der Waals surface area contributed by atoms with Crippen molar-refractivity contribution in [2.75, 3.05) is 0 Å². The van der Waals surface area contributed by atoms with E-state index >= 15 is 0 Å². The fourth-order valence-electron chi connectivity index (χ4n) is 2.46. The van der Waals surface area contributed by atoms with Crippen LogP contribution >= 0.6 is 0 Å². The van der Waals surface area contributed by atoms with Crippen LogP contribution in [0.25, 0.3) is 0 Å². The molecule has 94 valence electrons. The average Bonchev–Trinajstić information content (AvgIpc) is 2.91. The Morgan fingerprint density at radius 2 is 1.82 bits per heavy atom. The van der Waals surface area contributed by atoms with E-state index in [1.165, 1.54) is 18.4 Å². The third kappa shape index (κ3) is 2.98. The maximum atomic E-state index is 12.3. The molecular weight excluding hydrogens is 228 g/mol. The second kappa shape index (κ2) is 5.81. The van der Waals surface area contributed by atoms with Gasteiger partial charge in [0.1, 0.15) is 0 Å². The van der Waals surface area contributed by atoms with Gasteiger partial charge in [-0.1, -0.05) is 38.8 Å². The molecule has 2 atom stereocenters. The van der Waals surface area contributed by atoms with Crippen LogP contribution in [0, 0.1) is 0 Å². The van der Waals surface area contributed by atoms with Gasteiger partial charge < -0.3 is 0 Å². The fraction of sp³-hybridized carbons (Fsp3) is 0.600. The molecule has 0 spiro atoms. The summed E-state index contributed by atoms with van der Waals surface area (Å²) in [5.74, 6) is 0.601. The van der Waals surface area contributed by atoms with Crippen LogP contribution < -0.4 is 0 Å². The summed E-state index contributed by atoms with van der Waals surface area (Å²) in [6, 6.07) is 8.43. The minimum Gasteiger partial charge on any atom is -0.254 e. The van der Waals surface area contributed by atoms with Gasteiger partial charge in [-0.05, 0) is 42.9 Å². The van der Waals surface area contributed by atoms with E-state index in [9.17, 15) is 4.21 Å². The molecule has 0 aliphatic heterocycles. The third-order valence-corrected chi connectivity index (χ3v) is 5.71. The van der Waals surface area contributed by atoms with Crippen molar-refractivity contribution < 1.29 is 4.21 Å². The fourth-order valence-corrected chi connectivity index (χ4v) is 4.01. The van der Waals surface area contributed by atoms with Gasteiger partial charge in [0.15, 0.2) is 0 Å². The first kappa shape index (κ1) is 12.8. The molecule has 2 rings (SSSR count). The van der Waals surface area contributed by atoms with Gasteiger partial charge in [-0.15, -0.1) is 0 Å². The summed E-state index contributed by atoms with van der Waals surface area (Å²) in [4.78, 5) is 1.02. The number of rotatable bonds is 4. The van der Waals surface area contributed by atoms with Crippen LogP contribution in [0.1, 0.15) is 57.4 Å². The van der Waals surface area contributed by atoms with Crippen LogP contribution in [0.3, 0.4) is 0 Å². The van der Waals surface area contributed by atoms with E-state index in [2.05, 4.69) is 38.1 Å². The minimum absolute atomic E-state index is 0.407. The van der Waals surface area contributed by atoms with Gasteiger partial charge in [-0.3, -0.25) is 4.21 Å². The maximum absolute atomic E-state index is 12.3. The molecule has 1 nitrogen and oxygen atoms in total. The van der Waals surface area contributed by atoms with E-state index in [1.54, 1.807) is 0 Å². The van der Waals surface area contributed by atoms with Gasteiger partial charge in [0.05, 0.1) is 10.8 Å². The Bertz CT molecular complexity index is 376. The summed E-state index contributed by atoms with van der Waals surface area (Å²) in [5, 5.41) is 0.407. The zero-order chi connectivity index (χ0) is 12.3. The zero-order valence-electron chi connectivity index (χ0n) is 10.8. The maximum Gasteiger partial charge on any atom is 0.0560 e. The van der Waals surface area contributed by atoms with E-state index < -0.39 is 10.8 Å². The summed E-state index contributed by atoms with van der Waals surface area (Å²) >= 11 is 0. The molecule has 0 bridgehead atoms. The van der Waals surface area contributed by atoms with Gasteiger partial charge in [-0.2, -0.15) is 0 Å². The lowest BCUT2D eigenvalue weighted by molar-refractivity contribution is 0.669. The number of hydrogen-bond acceptors (Lipinski definition) is 1. The lowest BCUT2D eigenvalue weighted by atomic mass is 9.99. The average molecular weight is 250 g/mol. The predicted octanol–water partition coefficient (Wildman–Crippen LogP) is 4.25. The van der Waals surface area contributed by atoms with Crippen LogP contribution in [-0.4, -0.2) is 9.46 Å². The first-order valence-electron chi connectivity index (χ1n) is 6.73. The Morgan fingerprint density at radius 1 is 1.24 bits per heavy atom. The van der Waals surface area contributed by atoms with Crippen molar-refractivity contribution in [3.8, 4) is 0 Å². The lowest BCUT2D eigenvalue weighted by Gasteiger charge is -2.12. The van der Waals surface area contributed by atoms with E-state index in [-0.39, 0.29) is 0 Å². The van der Waals surface area contributed by atoms with Crippen molar-refractivity contribution in [3.63, 3.8) is 0 Å². The largest absolute Gasteiger partial charge is 0.254 e. The highest BCUT2D eigenvalue weighted by atomic mass is 32.2. The predicted molar refractivity (Wildman–Crippen MR) is 73.8 cm³/mol. The van der Waals surface area contributed by atoms with E-state index in [0.717, 1.165) is 24.2 Å².